The van der Waals surface area contributed by atoms with Crippen molar-refractivity contribution in [3.8, 4) is 0 Å². The minimum Gasteiger partial charge on any atom is -0.341 e. The molecule has 1 atom stereocenters. The first kappa shape index (κ1) is 15.1. The van der Waals surface area contributed by atoms with Gasteiger partial charge >= 0.3 is 0 Å². The number of anilines is 1. The van der Waals surface area contributed by atoms with Crippen molar-refractivity contribution in [2.75, 3.05) is 31.1 Å². The number of aromatic amines is 1. The van der Waals surface area contributed by atoms with Crippen LogP contribution < -0.4 is 4.90 Å². The number of H-pyrrole nitrogens is 1. The third-order valence-electron chi connectivity index (χ3n) is 5.28. The normalized spacial score (nSPS) is 22.1. The van der Waals surface area contributed by atoms with E-state index in [1.165, 1.54) is 0 Å². The van der Waals surface area contributed by atoms with Gasteiger partial charge in [-0.15, -0.1) is 0 Å². The molecule has 0 spiro atoms. The molecule has 2 saturated heterocycles. The SMILES string of the molecule is O=C(c1cnc[nH]1)N1CCC(C2CCN(c3ncccn3)CC2)C1. The number of amides is 1. The Bertz CT molecular complexity index is 666. The Labute approximate surface area is 141 Å². The summed E-state index contributed by atoms with van der Waals surface area (Å²) in [5.74, 6) is 2.20. The molecule has 7 nitrogen and oxygen atoms in total. The average Bonchev–Trinajstić information content (AvgIpc) is 3.34. The van der Waals surface area contributed by atoms with Crippen LogP contribution in [0.3, 0.4) is 0 Å². The van der Waals surface area contributed by atoms with Gasteiger partial charge in [0.2, 0.25) is 5.95 Å². The second-order valence-corrected chi connectivity index (χ2v) is 6.64. The molecule has 0 saturated carbocycles. The summed E-state index contributed by atoms with van der Waals surface area (Å²) < 4.78 is 0. The zero-order chi connectivity index (χ0) is 16.4. The predicted molar refractivity (Wildman–Crippen MR) is 89.6 cm³/mol. The topological polar surface area (TPSA) is 78.0 Å². The van der Waals surface area contributed by atoms with Crippen molar-refractivity contribution >= 4 is 11.9 Å². The molecule has 0 aliphatic carbocycles. The molecule has 1 N–H and O–H groups in total. The number of aromatic nitrogens is 4. The summed E-state index contributed by atoms with van der Waals surface area (Å²) in [7, 11) is 0. The van der Waals surface area contributed by atoms with Crippen LogP contribution in [0.15, 0.2) is 31.0 Å². The molecule has 7 heteroatoms. The Morgan fingerprint density at radius 3 is 2.54 bits per heavy atom. The van der Waals surface area contributed by atoms with E-state index < -0.39 is 0 Å². The zero-order valence-corrected chi connectivity index (χ0v) is 13.6. The van der Waals surface area contributed by atoms with Gasteiger partial charge in [-0.05, 0) is 37.2 Å². The molecule has 2 aliphatic rings. The van der Waals surface area contributed by atoms with E-state index >= 15 is 0 Å². The summed E-state index contributed by atoms with van der Waals surface area (Å²) >= 11 is 0. The number of hydrogen-bond acceptors (Lipinski definition) is 5. The molecule has 126 valence electrons. The van der Waals surface area contributed by atoms with E-state index in [1.807, 2.05) is 11.0 Å². The van der Waals surface area contributed by atoms with E-state index in [9.17, 15) is 4.79 Å². The molecule has 1 amide bonds. The van der Waals surface area contributed by atoms with Crippen LogP contribution in [0.2, 0.25) is 0 Å². The van der Waals surface area contributed by atoms with Gasteiger partial charge < -0.3 is 14.8 Å². The average molecular weight is 326 g/mol. The smallest absolute Gasteiger partial charge is 0.271 e. The lowest BCUT2D eigenvalue weighted by molar-refractivity contribution is 0.0775. The van der Waals surface area contributed by atoms with E-state index in [0.717, 1.165) is 51.4 Å². The molecule has 2 aliphatic heterocycles. The fourth-order valence-electron chi connectivity index (χ4n) is 3.93. The molecule has 4 heterocycles. The van der Waals surface area contributed by atoms with E-state index in [0.29, 0.717) is 17.5 Å². The third-order valence-corrected chi connectivity index (χ3v) is 5.28. The van der Waals surface area contributed by atoms with Crippen molar-refractivity contribution < 1.29 is 4.79 Å². The molecule has 0 radical (unpaired) electrons. The first-order valence-electron chi connectivity index (χ1n) is 8.61. The number of hydrogen-bond donors (Lipinski definition) is 1. The number of imidazole rings is 1. The van der Waals surface area contributed by atoms with E-state index in [2.05, 4.69) is 24.8 Å². The van der Waals surface area contributed by atoms with Gasteiger partial charge in [-0.2, -0.15) is 0 Å². The second kappa shape index (κ2) is 6.59. The van der Waals surface area contributed by atoms with Crippen LogP contribution in [-0.2, 0) is 0 Å². The lowest BCUT2D eigenvalue weighted by Gasteiger charge is -2.34. The van der Waals surface area contributed by atoms with Gasteiger partial charge in [0.05, 0.1) is 12.5 Å². The highest BCUT2D eigenvalue weighted by Gasteiger charge is 2.34. The number of carbonyl (C=O) groups excluding carboxylic acids is 1. The van der Waals surface area contributed by atoms with Crippen LogP contribution in [0.1, 0.15) is 29.8 Å². The maximum Gasteiger partial charge on any atom is 0.271 e. The number of carbonyl (C=O) groups is 1. The second-order valence-electron chi connectivity index (χ2n) is 6.64. The van der Waals surface area contributed by atoms with E-state index in [-0.39, 0.29) is 5.91 Å². The fraction of sp³-hybridized carbons (Fsp3) is 0.529. The standard InChI is InChI=1S/C17H22N6O/c24-16(15-10-18-12-21-15)23-9-4-14(11-23)13-2-7-22(8-3-13)17-19-5-1-6-20-17/h1,5-6,10,12-14H,2-4,7-9,11H2,(H,18,21). The highest BCUT2D eigenvalue weighted by atomic mass is 16.2. The number of nitrogens with zero attached hydrogens (tertiary/aromatic N) is 5. The number of nitrogens with one attached hydrogen (secondary N) is 1. The maximum atomic E-state index is 12.4. The minimum atomic E-state index is 0.0742. The molecule has 2 fully saturated rings. The predicted octanol–water partition coefficient (Wildman–Crippen LogP) is 1.58. The van der Waals surface area contributed by atoms with Gasteiger partial charge in [-0.3, -0.25) is 4.79 Å². The van der Waals surface area contributed by atoms with Crippen LogP contribution in [0.25, 0.3) is 0 Å². The molecular formula is C17H22N6O. The Morgan fingerprint density at radius 1 is 1.08 bits per heavy atom. The summed E-state index contributed by atoms with van der Waals surface area (Å²) in [6.45, 7) is 3.72. The van der Waals surface area contributed by atoms with Crippen LogP contribution in [0.5, 0.6) is 0 Å². The quantitative estimate of drug-likeness (QED) is 0.926. The zero-order valence-electron chi connectivity index (χ0n) is 13.6. The monoisotopic (exact) mass is 326 g/mol. The molecule has 1 unspecified atom stereocenters. The van der Waals surface area contributed by atoms with Crippen LogP contribution in [-0.4, -0.2) is 56.9 Å². The Balaban J connectivity index is 1.31. The summed E-state index contributed by atoms with van der Waals surface area (Å²) in [5.41, 5.74) is 0.590. The number of likely N-dealkylation sites (tertiary alicyclic amines) is 1. The number of rotatable bonds is 3. The van der Waals surface area contributed by atoms with Crippen molar-refractivity contribution in [2.24, 2.45) is 11.8 Å². The van der Waals surface area contributed by atoms with Crippen LogP contribution >= 0.6 is 0 Å². The summed E-state index contributed by atoms with van der Waals surface area (Å²) in [5, 5.41) is 0. The lowest BCUT2D eigenvalue weighted by atomic mass is 9.84. The van der Waals surface area contributed by atoms with Crippen molar-refractivity contribution in [1.29, 1.82) is 0 Å². The fourth-order valence-corrected chi connectivity index (χ4v) is 3.93. The first-order valence-corrected chi connectivity index (χ1v) is 8.61. The van der Waals surface area contributed by atoms with Crippen molar-refractivity contribution in [3.05, 3.63) is 36.7 Å². The molecular weight excluding hydrogens is 304 g/mol. The van der Waals surface area contributed by atoms with Crippen LogP contribution in [0.4, 0.5) is 5.95 Å². The highest BCUT2D eigenvalue weighted by Crippen LogP contribution is 2.33. The lowest BCUT2D eigenvalue weighted by Crippen LogP contribution is -2.38. The summed E-state index contributed by atoms with van der Waals surface area (Å²) in [6.07, 6.45) is 10.2. The molecule has 24 heavy (non-hydrogen) atoms. The largest absolute Gasteiger partial charge is 0.341 e. The summed E-state index contributed by atoms with van der Waals surface area (Å²) in [4.78, 5) is 32.2. The Morgan fingerprint density at radius 2 is 1.83 bits per heavy atom. The molecule has 4 rings (SSSR count). The molecule has 2 aromatic rings. The van der Waals surface area contributed by atoms with E-state index in [1.54, 1.807) is 24.9 Å². The summed E-state index contributed by atoms with van der Waals surface area (Å²) in [6, 6.07) is 1.85. The van der Waals surface area contributed by atoms with Gasteiger partial charge in [0.25, 0.3) is 5.91 Å². The van der Waals surface area contributed by atoms with Crippen LogP contribution in [0, 0.1) is 11.8 Å². The maximum absolute atomic E-state index is 12.4. The minimum absolute atomic E-state index is 0.0742. The van der Waals surface area contributed by atoms with Crippen molar-refractivity contribution in [1.82, 2.24) is 24.8 Å². The third kappa shape index (κ3) is 2.98. The van der Waals surface area contributed by atoms with Gasteiger partial charge in [0, 0.05) is 38.6 Å². The molecule has 0 aromatic carbocycles. The van der Waals surface area contributed by atoms with Crippen molar-refractivity contribution in [3.63, 3.8) is 0 Å². The van der Waals surface area contributed by atoms with Gasteiger partial charge in [0.1, 0.15) is 5.69 Å². The molecule has 0 bridgehead atoms. The first-order chi connectivity index (χ1) is 11.8. The Hall–Kier alpha value is -2.44. The Kier molecular flexibility index (Phi) is 4.15. The highest BCUT2D eigenvalue weighted by molar-refractivity contribution is 5.92. The van der Waals surface area contributed by atoms with Gasteiger partial charge in [0.15, 0.2) is 0 Å². The molecule has 2 aromatic heterocycles. The van der Waals surface area contributed by atoms with Gasteiger partial charge in [-0.25, -0.2) is 15.0 Å². The van der Waals surface area contributed by atoms with E-state index in [4.69, 9.17) is 0 Å². The number of piperidine rings is 1. The van der Waals surface area contributed by atoms with Gasteiger partial charge in [-0.1, -0.05) is 0 Å². The van der Waals surface area contributed by atoms with Crippen molar-refractivity contribution in [2.45, 2.75) is 19.3 Å².